The second-order valence-corrected chi connectivity index (χ2v) is 3.79. The number of anilines is 2. The molecule has 0 aliphatic rings. The molecule has 0 atom stereocenters. The molecule has 100 valence electrons. The Morgan fingerprint density at radius 3 is 2.33 bits per heavy atom. The maximum atomic E-state index is 12.8. The van der Waals surface area contributed by atoms with Crippen LogP contribution < -0.4 is 10.2 Å². The second kappa shape index (κ2) is 5.24. The van der Waals surface area contributed by atoms with Crippen LogP contribution in [0.25, 0.3) is 0 Å². The van der Waals surface area contributed by atoms with Gasteiger partial charge in [0, 0.05) is 14.1 Å². The third-order valence-corrected chi connectivity index (χ3v) is 2.21. The molecule has 0 bridgehead atoms. The van der Waals surface area contributed by atoms with Crippen LogP contribution in [0.2, 0.25) is 0 Å². The third-order valence-electron chi connectivity index (χ3n) is 2.21. The monoisotopic (exact) mass is 264 g/mol. The van der Waals surface area contributed by atoms with E-state index in [1.807, 2.05) is 0 Å². The summed E-state index contributed by atoms with van der Waals surface area (Å²) in [6, 6.07) is 6.06. The van der Waals surface area contributed by atoms with Crippen molar-refractivity contribution in [2.75, 3.05) is 24.3 Å². The van der Waals surface area contributed by atoms with Crippen molar-refractivity contribution < 1.29 is 22.4 Å². The molecule has 0 aliphatic heterocycles. The summed E-state index contributed by atoms with van der Waals surface area (Å²) in [6.07, 6.45) is -4.04. The minimum Gasteiger partial charge on any atom is -0.376 e. The first-order chi connectivity index (χ1) is 8.26. The Kier molecular flexibility index (Phi) is 4.15. The van der Waals surface area contributed by atoms with E-state index >= 15 is 0 Å². The zero-order valence-corrected chi connectivity index (χ0v) is 9.75. The topological polar surface area (TPSA) is 32.3 Å². The summed E-state index contributed by atoms with van der Waals surface area (Å²) in [7, 11) is 3.27. The average Bonchev–Trinajstić information content (AvgIpc) is 2.29. The SMILES string of the molecule is CN(C)c1ccccc1NC(=O)C(F)(F)C(F)F. The number of amides is 1. The van der Waals surface area contributed by atoms with Crippen LogP contribution in [0.5, 0.6) is 0 Å². The minimum atomic E-state index is -4.71. The molecule has 0 radical (unpaired) electrons. The standard InChI is InChI=1S/C11H12F4N2O/c1-17(2)8-6-4-3-5-7(8)16-10(18)11(14,15)9(12)13/h3-6,9H,1-2H3,(H,16,18). The third kappa shape index (κ3) is 2.91. The fourth-order valence-electron chi connectivity index (χ4n) is 1.27. The van der Waals surface area contributed by atoms with Gasteiger partial charge in [0.2, 0.25) is 0 Å². The molecule has 0 saturated heterocycles. The fourth-order valence-corrected chi connectivity index (χ4v) is 1.27. The number of hydrogen-bond acceptors (Lipinski definition) is 2. The van der Waals surface area contributed by atoms with E-state index in [9.17, 15) is 22.4 Å². The van der Waals surface area contributed by atoms with Gasteiger partial charge >= 0.3 is 18.3 Å². The van der Waals surface area contributed by atoms with Gasteiger partial charge in [-0.1, -0.05) is 12.1 Å². The zero-order valence-electron chi connectivity index (χ0n) is 9.75. The quantitative estimate of drug-likeness (QED) is 0.848. The largest absolute Gasteiger partial charge is 0.383 e. The number of alkyl halides is 4. The van der Waals surface area contributed by atoms with Gasteiger partial charge in [-0.2, -0.15) is 8.78 Å². The number of hydrogen-bond donors (Lipinski definition) is 1. The second-order valence-electron chi connectivity index (χ2n) is 3.79. The highest BCUT2D eigenvalue weighted by molar-refractivity contribution is 5.99. The van der Waals surface area contributed by atoms with Crippen molar-refractivity contribution in [1.82, 2.24) is 0 Å². The first kappa shape index (κ1) is 14.3. The number of benzene rings is 1. The predicted molar refractivity (Wildman–Crippen MR) is 60.3 cm³/mol. The molecule has 1 rings (SSSR count). The van der Waals surface area contributed by atoms with Gasteiger partial charge in [0.15, 0.2) is 0 Å². The smallest absolute Gasteiger partial charge is 0.376 e. The van der Waals surface area contributed by atoms with E-state index in [-0.39, 0.29) is 5.69 Å². The first-order valence-electron chi connectivity index (χ1n) is 5.00. The molecule has 0 spiro atoms. The lowest BCUT2D eigenvalue weighted by Crippen LogP contribution is -2.41. The molecule has 0 unspecified atom stereocenters. The van der Waals surface area contributed by atoms with Crippen molar-refractivity contribution in [3.8, 4) is 0 Å². The van der Waals surface area contributed by atoms with Crippen LogP contribution in [0.3, 0.4) is 0 Å². The van der Waals surface area contributed by atoms with Crippen molar-refractivity contribution in [3.63, 3.8) is 0 Å². The Hall–Kier alpha value is -1.79. The van der Waals surface area contributed by atoms with Crippen molar-refractivity contribution in [2.45, 2.75) is 12.3 Å². The van der Waals surface area contributed by atoms with Crippen LogP contribution in [0.15, 0.2) is 24.3 Å². The number of nitrogens with zero attached hydrogens (tertiary/aromatic N) is 1. The number of rotatable bonds is 4. The lowest BCUT2D eigenvalue weighted by Gasteiger charge is -2.20. The van der Waals surface area contributed by atoms with E-state index in [2.05, 4.69) is 0 Å². The van der Waals surface area contributed by atoms with E-state index in [4.69, 9.17) is 0 Å². The van der Waals surface area contributed by atoms with Gasteiger partial charge in [-0.05, 0) is 12.1 Å². The summed E-state index contributed by atoms with van der Waals surface area (Å²) in [5, 5.41) is 1.80. The van der Waals surface area contributed by atoms with Crippen molar-refractivity contribution in [1.29, 1.82) is 0 Å². The highest BCUT2D eigenvalue weighted by atomic mass is 19.3. The zero-order chi connectivity index (χ0) is 13.9. The molecule has 0 aliphatic carbocycles. The van der Waals surface area contributed by atoms with E-state index in [0.717, 1.165) is 0 Å². The van der Waals surface area contributed by atoms with Gasteiger partial charge in [-0.3, -0.25) is 4.79 Å². The number of carbonyl (C=O) groups is 1. The molecule has 1 aromatic carbocycles. The number of halogens is 4. The van der Waals surface area contributed by atoms with E-state index < -0.39 is 18.3 Å². The molecule has 0 saturated carbocycles. The predicted octanol–water partition coefficient (Wildman–Crippen LogP) is 2.59. The maximum Gasteiger partial charge on any atom is 0.383 e. The van der Waals surface area contributed by atoms with Crippen LogP contribution in [-0.4, -0.2) is 32.4 Å². The van der Waals surface area contributed by atoms with Crippen molar-refractivity contribution in [2.24, 2.45) is 0 Å². The van der Waals surface area contributed by atoms with Gasteiger partial charge < -0.3 is 10.2 Å². The molecule has 1 aromatic rings. The Morgan fingerprint density at radius 1 is 1.28 bits per heavy atom. The molecule has 3 nitrogen and oxygen atoms in total. The van der Waals surface area contributed by atoms with E-state index in [1.54, 1.807) is 36.4 Å². The van der Waals surface area contributed by atoms with Gasteiger partial charge in [-0.15, -0.1) is 0 Å². The maximum absolute atomic E-state index is 12.8. The van der Waals surface area contributed by atoms with Gasteiger partial charge in [0.05, 0.1) is 11.4 Å². The Labute approximate surface area is 101 Å². The summed E-state index contributed by atoms with van der Waals surface area (Å²) in [5.41, 5.74) is 0.490. The number of carbonyl (C=O) groups excluding carboxylic acids is 1. The first-order valence-corrected chi connectivity index (χ1v) is 5.00. The van der Waals surface area contributed by atoms with E-state index in [0.29, 0.717) is 5.69 Å². The number of para-hydroxylation sites is 2. The molecule has 18 heavy (non-hydrogen) atoms. The van der Waals surface area contributed by atoms with E-state index in [1.165, 1.54) is 12.1 Å². The van der Waals surface area contributed by atoms with Crippen LogP contribution in [0.1, 0.15) is 0 Å². The number of nitrogens with one attached hydrogen (secondary N) is 1. The van der Waals surface area contributed by atoms with Crippen LogP contribution in [-0.2, 0) is 4.79 Å². The Morgan fingerprint density at radius 2 is 1.83 bits per heavy atom. The summed E-state index contributed by atoms with van der Waals surface area (Å²) >= 11 is 0. The summed E-state index contributed by atoms with van der Waals surface area (Å²) < 4.78 is 49.6. The lowest BCUT2D eigenvalue weighted by molar-refractivity contribution is -0.163. The van der Waals surface area contributed by atoms with Crippen LogP contribution in [0, 0.1) is 0 Å². The van der Waals surface area contributed by atoms with Gasteiger partial charge in [0.1, 0.15) is 0 Å². The van der Waals surface area contributed by atoms with Crippen LogP contribution in [0.4, 0.5) is 28.9 Å². The highest BCUT2D eigenvalue weighted by Crippen LogP contribution is 2.28. The average molecular weight is 264 g/mol. The van der Waals surface area contributed by atoms with Crippen molar-refractivity contribution >= 4 is 17.3 Å². The van der Waals surface area contributed by atoms with Gasteiger partial charge in [0.25, 0.3) is 0 Å². The molecule has 1 N–H and O–H groups in total. The van der Waals surface area contributed by atoms with Crippen molar-refractivity contribution in [3.05, 3.63) is 24.3 Å². The molecule has 0 aromatic heterocycles. The summed E-state index contributed by atoms with van der Waals surface area (Å²) in [6.45, 7) is 0. The Balaban J connectivity index is 2.96. The molecule has 1 amide bonds. The minimum absolute atomic E-state index is 0.0489. The molecule has 7 heteroatoms. The van der Waals surface area contributed by atoms with Gasteiger partial charge in [-0.25, -0.2) is 8.78 Å². The molecular weight excluding hydrogens is 252 g/mol. The molecular formula is C11H12F4N2O. The fraction of sp³-hybridized carbons (Fsp3) is 0.364. The lowest BCUT2D eigenvalue weighted by atomic mass is 10.2. The molecule has 0 heterocycles. The summed E-state index contributed by atoms with van der Waals surface area (Å²) in [5.74, 6) is -6.73. The Bertz CT molecular complexity index is 435. The normalized spacial score (nSPS) is 11.5. The van der Waals surface area contributed by atoms with Crippen LogP contribution >= 0.6 is 0 Å². The summed E-state index contributed by atoms with van der Waals surface area (Å²) in [4.78, 5) is 12.7. The highest BCUT2D eigenvalue weighted by Gasteiger charge is 2.49. The molecule has 0 fully saturated rings.